The van der Waals surface area contributed by atoms with Crippen molar-refractivity contribution in [2.75, 3.05) is 32.9 Å². The monoisotopic (exact) mass is 313 g/mol. The number of carbonyl (C=O) groups excluding carboxylic acids is 1. The number of halogens is 1. The lowest BCUT2D eigenvalue weighted by Gasteiger charge is -2.38. The van der Waals surface area contributed by atoms with Gasteiger partial charge in [-0.1, -0.05) is 6.92 Å². The Kier molecular flexibility index (Phi) is 7.28. The average molecular weight is 314 g/mol. The van der Waals surface area contributed by atoms with Gasteiger partial charge < -0.3 is 10.6 Å². The van der Waals surface area contributed by atoms with Crippen molar-refractivity contribution < 1.29 is 13.2 Å². The van der Waals surface area contributed by atoms with Crippen LogP contribution in [0.4, 0.5) is 0 Å². The molecule has 1 aliphatic heterocycles. The highest BCUT2D eigenvalue weighted by Gasteiger charge is 2.30. The number of rotatable bonds is 4. The van der Waals surface area contributed by atoms with Crippen LogP contribution in [0.5, 0.6) is 0 Å². The average Bonchev–Trinajstić information content (AvgIpc) is 2.27. The number of likely N-dealkylation sites (tertiary alicyclic amines) is 1. The molecule has 0 bridgehead atoms. The molecule has 0 aromatic heterocycles. The Labute approximate surface area is 121 Å². The lowest BCUT2D eigenvalue weighted by Crippen LogP contribution is -2.52. The standard InChI is InChI=1S/C11H23N3O3S.ClH/c1-9-4-5-14(10(6-9)7-12)11(15)8-13(2)18(3,16)17;/h9-10H,4-8,12H2,1-3H3;1H. The molecular weight excluding hydrogens is 290 g/mol. The van der Waals surface area contributed by atoms with Gasteiger partial charge in [0.05, 0.1) is 12.8 Å². The van der Waals surface area contributed by atoms with E-state index in [-0.39, 0.29) is 30.9 Å². The van der Waals surface area contributed by atoms with Crippen LogP contribution in [0.3, 0.4) is 0 Å². The van der Waals surface area contributed by atoms with E-state index in [0.717, 1.165) is 23.4 Å². The van der Waals surface area contributed by atoms with Gasteiger partial charge in [-0.2, -0.15) is 4.31 Å². The van der Waals surface area contributed by atoms with Crippen LogP contribution in [0.1, 0.15) is 19.8 Å². The van der Waals surface area contributed by atoms with E-state index >= 15 is 0 Å². The summed E-state index contributed by atoms with van der Waals surface area (Å²) >= 11 is 0. The fraction of sp³-hybridized carbons (Fsp3) is 0.909. The molecule has 8 heteroatoms. The van der Waals surface area contributed by atoms with Crippen molar-refractivity contribution in [1.29, 1.82) is 0 Å². The Balaban J connectivity index is 0.00000324. The van der Waals surface area contributed by atoms with Gasteiger partial charge in [0.15, 0.2) is 0 Å². The molecule has 2 N–H and O–H groups in total. The smallest absolute Gasteiger partial charge is 0.238 e. The van der Waals surface area contributed by atoms with Gasteiger partial charge in [0.25, 0.3) is 0 Å². The summed E-state index contributed by atoms with van der Waals surface area (Å²) < 4.78 is 23.6. The molecule has 0 saturated carbocycles. The van der Waals surface area contributed by atoms with Gasteiger partial charge in [0.2, 0.25) is 15.9 Å². The van der Waals surface area contributed by atoms with Gasteiger partial charge in [-0.25, -0.2) is 8.42 Å². The minimum Gasteiger partial charge on any atom is -0.337 e. The molecule has 1 heterocycles. The van der Waals surface area contributed by atoms with Crippen molar-refractivity contribution >= 4 is 28.3 Å². The van der Waals surface area contributed by atoms with E-state index in [1.54, 1.807) is 4.90 Å². The Hall–Kier alpha value is -0.370. The van der Waals surface area contributed by atoms with Crippen LogP contribution in [-0.4, -0.2) is 62.5 Å². The summed E-state index contributed by atoms with van der Waals surface area (Å²) in [6.45, 7) is 3.13. The normalized spacial score (nSPS) is 24.2. The van der Waals surface area contributed by atoms with Gasteiger partial charge in [-0.15, -0.1) is 12.4 Å². The van der Waals surface area contributed by atoms with Crippen LogP contribution < -0.4 is 5.73 Å². The summed E-state index contributed by atoms with van der Waals surface area (Å²) in [7, 11) is -1.90. The van der Waals surface area contributed by atoms with E-state index in [1.807, 2.05) is 0 Å². The van der Waals surface area contributed by atoms with E-state index < -0.39 is 10.0 Å². The first-order chi connectivity index (χ1) is 8.25. The predicted octanol–water partition coefficient (Wildman–Crippen LogP) is -0.115. The second-order valence-corrected chi connectivity index (χ2v) is 7.21. The lowest BCUT2D eigenvalue weighted by atomic mass is 9.92. The number of amides is 1. The molecule has 2 unspecified atom stereocenters. The van der Waals surface area contributed by atoms with Gasteiger partial charge in [-0.3, -0.25) is 4.79 Å². The zero-order valence-electron chi connectivity index (χ0n) is 11.7. The number of nitrogens with two attached hydrogens (primary N) is 1. The maximum absolute atomic E-state index is 12.1. The first kappa shape index (κ1) is 18.6. The third-order valence-corrected chi connectivity index (χ3v) is 4.76. The van der Waals surface area contributed by atoms with Crippen LogP contribution in [0.15, 0.2) is 0 Å². The highest BCUT2D eigenvalue weighted by atomic mass is 35.5. The van der Waals surface area contributed by atoms with Crippen molar-refractivity contribution in [3.8, 4) is 0 Å². The summed E-state index contributed by atoms with van der Waals surface area (Å²) in [5.41, 5.74) is 5.68. The number of likely N-dealkylation sites (N-methyl/N-ethyl adjacent to an activating group) is 1. The summed E-state index contributed by atoms with van der Waals surface area (Å²) in [4.78, 5) is 13.8. The van der Waals surface area contributed by atoms with Crippen molar-refractivity contribution in [3.63, 3.8) is 0 Å². The number of nitrogens with zero attached hydrogens (tertiary/aromatic N) is 2. The largest absolute Gasteiger partial charge is 0.337 e. The van der Waals surface area contributed by atoms with Gasteiger partial charge in [0, 0.05) is 26.2 Å². The van der Waals surface area contributed by atoms with E-state index in [1.165, 1.54) is 7.05 Å². The van der Waals surface area contributed by atoms with Crippen LogP contribution in [-0.2, 0) is 14.8 Å². The molecule has 0 aromatic carbocycles. The highest BCUT2D eigenvalue weighted by Crippen LogP contribution is 2.22. The Bertz CT molecular complexity index is 402. The lowest BCUT2D eigenvalue weighted by molar-refractivity contribution is -0.135. The molecule has 0 aromatic rings. The maximum atomic E-state index is 12.1. The number of carbonyl (C=O) groups is 1. The quantitative estimate of drug-likeness (QED) is 0.784. The van der Waals surface area contributed by atoms with Crippen LogP contribution in [0.25, 0.3) is 0 Å². The molecule has 1 aliphatic rings. The van der Waals surface area contributed by atoms with Gasteiger partial charge in [0.1, 0.15) is 0 Å². The fourth-order valence-corrected chi connectivity index (χ4v) is 2.55. The van der Waals surface area contributed by atoms with Crippen molar-refractivity contribution in [3.05, 3.63) is 0 Å². The maximum Gasteiger partial charge on any atom is 0.238 e. The Morgan fingerprint density at radius 1 is 1.47 bits per heavy atom. The number of piperidine rings is 1. The first-order valence-electron chi connectivity index (χ1n) is 6.16. The third-order valence-electron chi connectivity index (χ3n) is 3.49. The number of sulfonamides is 1. The molecular formula is C11H24ClN3O3S. The number of hydrogen-bond donors (Lipinski definition) is 1. The minimum absolute atomic E-state index is 0. The molecule has 1 saturated heterocycles. The van der Waals surface area contributed by atoms with Gasteiger partial charge in [-0.05, 0) is 18.8 Å². The fourth-order valence-electron chi connectivity index (χ4n) is 2.20. The molecule has 0 spiro atoms. The molecule has 19 heavy (non-hydrogen) atoms. The SMILES string of the molecule is CC1CCN(C(=O)CN(C)S(C)(=O)=O)C(CN)C1.Cl. The van der Waals surface area contributed by atoms with Crippen molar-refractivity contribution in [2.24, 2.45) is 11.7 Å². The molecule has 0 radical (unpaired) electrons. The first-order valence-corrected chi connectivity index (χ1v) is 8.01. The predicted molar refractivity (Wildman–Crippen MR) is 77.7 cm³/mol. The zero-order valence-corrected chi connectivity index (χ0v) is 13.3. The van der Waals surface area contributed by atoms with E-state index in [0.29, 0.717) is 19.0 Å². The van der Waals surface area contributed by atoms with Crippen molar-refractivity contribution in [1.82, 2.24) is 9.21 Å². The highest BCUT2D eigenvalue weighted by molar-refractivity contribution is 7.88. The van der Waals surface area contributed by atoms with E-state index in [9.17, 15) is 13.2 Å². The van der Waals surface area contributed by atoms with Crippen LogP contribution in [0.2, 0.25) is 0 Å². The summed E-state index contributed by atoms with van der Waals surface area (Å²) in [5.74, 6) is 0.403. The summed E-state index contributed by atoms with van der Waals surface area (Å²) in [5, 5.41) is 0. The molecule has 2 atom stereocenters. The topological polar surface area (TPSA) is 83.7 Å². The van der Waals surface area contributed by atoms with E-state index in [4.69, 9.17) is 5.73 Å². The second-order valence-electron chi connectivity index (χ2n) is 5.13. The Morgan fingerprint density at radius 3 is 2.53 bits per heavy atom. The molecule has 1 rings (SSSR count). The molecule has 1 fully saturated rings. The minimum atomic E-state index is -3.32. The molecule has 0 aliphatic carbocycles. The summed E-state index contributed by atoms with van der Waals surface area (Å²) in [6.07, 6.45) is 2.94. The molecule has 1 amide bonds. The van der Waals surface area contributed by atoms with Crippen LogP contribution in [0, 0.1) is 5.92 Å². The van der Waals surface area contributed by atoms with Gasteiger partial charge >= 0.3 is 0 Å². The Morgan fingerprint density at radius 2 is 2.05 bits per heavy atom. The molecule has 114 valence electrons. The third kappa shape index (κ3) is 5.25. The summed E-state index contributed by atoms with van der Waals surface area (Å²) in [6, 6.07) is 0.0363. The molecule has 6 nitrogen and oxygen atoms in total. The second kappa shape index (κ2) is 7.42. The van der Waals surface area contributed by atoms with Crippen LogP contribution >= 0.6 is 12.4 Å². The van der Waals surface area contributed by atoms with E-state index in [2.05, 4.69) is 6.92 Å². The zero-order chi connectivity index (χ0) is 13.9. The number of hydrogen-bond acceptors (Lipinski definition) is 4. The van der Waals surface area contributed by atoms with Crippen molar-refractivity contribution in [2.45, 2.75) is 25.8 Å².